The topological polar surface area (TPSA) is 90.5 Å². The summed E-state index contributed by atoms with van der Waals surface area (Å²) in [5.74, 6) is -0.238. The van der Waals surface area contributed by atoms with Crippen LogP contribution in [-0.2, 0) is 4.79 Å². The maximum absolute atomic E-state index is 12.0. The van der Waals surface area contributed by atoms with Crippen LogP contribution >= 0.6 is 12.4 Å². The second-order valence-electron chi connectivity index (χ2n) is 5.66. The van der Waals surface area contributed by atoms with E-state index in [1.165, 1.54) is 0 Å². The van der Waals surface area contributed by atoms with Crippen molar-refractivity contribution in [3.8, 4) is 0 Å². The van der Waals surface area contributed by atoms with Gasteiger partial charge in [0.15, 0.2) is 0 Å². The minimum absolute atomic E-state index is 0. The van der Waals surface area contributed by atoms with E-state index in [1.54, 1.807) is 24.3 Å². The number of aliphatic hydroxyl groups excluding tert-OH is 1. The highest BCUT2D eigenvalue weighted by Gasteiger charge is 2.28. The molecule has 0 radical (unpaired) electrons. The van der Waals surface area contributed by atoms with Gasteiger partial charge in [-0.2, -0.15) is 0 Å². The Bertz CT molecular complexity index is 545. The van der Waals surface area contributed by atoms with E-state index in [4.69, 9.17) is 0 Å². The largest absolute Gasteiger partial charge is 0.392 e. The average molecular weight is 326 g/mol. The first kappa shape index (κ1) is 16.7. The number of nitrogens with one attached hydrogen (secondary N) is 3. The van der Waals surface area contributed by atoms with Crippen molar-refractivity contribution in [2.75, 3.05) is 11.9 Å². The van der Waals surface area contributed by atoms with E-state index in [-0.39, 0.29) is 30.3 Å². The number of anilines is 1. The normalized spacial score (nSPS) is 23.5. The quantitative estimate of drug-likeness (QED) is 0.654. The molecule has 22 heavy (non-hydrogen) atoms. The monoisotopic (exact) mass is 325 g/mol. The molecule has 6 nitrogen and oxygen atoms in total. The zero-order valence-corrected chi connectivity index (χ0v) is 12.9. The predicted octanol–water partition coefficient (Wildman–Crippen LogP) is 0.662. The van der Waals surface area contributed by atoms with Crippen LogP contribution in [0.4, 0.5) is 5.69 Å². The van der Waals surface area contributed by atoms with Gasteiger partial charge in [0.05, 0.1) is 12.1 Å². The van der Waals surface area contributed by atoms with Crippen molar-refractivity contribution in [2.24, 2.45) is 0 Å². The third-order valence-corrected chi connectivity index (χ3v) is 3.75. The summed E-state index contributed by atoms with van der Waals surface area (Å²) < 4.78 is 0. The minimum atomic E-state index is -0.464. The number of amides is 2. The van der Waals surface area contributed by atoms with E-state index in [0.29, 0.717) is 30.3 Å². The summed E-state index contributed by atoms with van der Waals surface area (Å²) in [4.78, 5) is 23.8. The van der Waals surface area contributed by atoms with Gasteiger partial charge in [-0.25, -0.2) is 0 Å². The molecule has 120 valence electrons. The van der Waals surface area contributed by atoms with Crippen molar-refractivity contribution in [1.29, 1.82) is 0 Å². The Morgan fingerprint density at radius 3 is 2.41 bits per heavy atom. The van der Waals surface area contributed by atoms with Crippen LogP contribution in [0.2, 0.25) is 0 Å². The molecule has 1 aromatic rings. The highest BCUT2D eigenvalue weighted by atomic mass is 35.5. The molecule has 1 aromatic carbocycles. The summed E-state index contributed by atoms with van der Waals surface area (Å²) in [6.45, 7) is 0.443. The Morgan fingerprint density at radius 2 is 1.86 bits per heavy atom. The van der Waals surface area contributed by atoms with Gasteiger partial charge >= 0.3 is 0 Å². The zero-order chi connectivity index (χ0) is 14.8. The van der Waals surface area contributed by atoms with E-state index in [9.17, 15) is 14.7 Å². The molecule has 0 spiro atoms. The molecule has 1 aliphatic carbocycles. The van der Waals surface area contributed by atoms with Crippen molar-refractivity contribution in [3.63, 3.8) is 0 Å². The van der Waals surface area contributed by atoms with Crippen LogP contribution in [0.25, 0.3) is 0 Å². The van der Waals surface area contributed by atoms with Crippen molar-refractivity contribution in [3.05, 3.63) is 29.8 Å². The van der Waals surface area contributed by atoms with E-state index in [2.05, 4.69) is 16.0 Å². The summed E-state index contributed by atoms with van der Waals surface area (Å²) in [6.07, 6.45) is 2.07. The summed E-state index contributed by atoms with van der Waals surface area (Å²) in [5.41, 5.74) is 1.24. The molecular weight excluding hydrogens is 306 g/mol. The number of β-amino-alcohol motifs (C(OH)–C–C–N with tert-alkyl or cyclic N) is 1. The number of carbonyl (C=O) groups is 2. The van der Waals surface area contributed by atoms with Crippen LogP contribution in [0.1, 0.15) is 29.6 Å². The lowest BCUT2D eigenvalue weighted by Gasteiger charge is -2.11. The van der Waals surface area contributed by atoms with Gasteiger partial charge in [0.25, 0.3) is 5.91 Å². The van der Waals surface area contributed by atoms with Crippen molar-refractivity contribution in [1.82, 2.24) is 10.6 Å². The van der Waals surface area contributed by atoms with Gasteiger partial charge in [-0.05, 0) is 43.5 Å². The van der Waals surface area contributed by atoms with E-state index in [0.717, 1.165) is 12.8 Å². The van der Waals surface area contributed by atoms with Crippen LogP contribution in [0.15, 0.2) is 24.3 Å². The summed E-state index contributed by atoms with van der Waals surface area (Å²) >= 11 is 0. The smallest absolute Gasteiger partial charge is 0.251 e. The van der Waals surface area contributed by atoms with E-state index in [1.807, 2.05) is 0 Å². The molecule has 2 fully saturated rings. The number of halogens is 1. The number of hydrogen-bond acceptors (Lipinski definition) is 4. The maximum Gasteiger partial charge on any atom is 0.251 e. The second-order valence-corrected chi connectivity index (χ2v) is 5.66. The van der Waals surface area contributed by atoms with Gasteiger partial charge in [-0.3, -0.25) is 9.59 Å². The summed E-state index contributed by atoms with van der Waals surface area (Å²) in [6, 6.07) is 6.79. The van der Waals surface area contributed by atoms with Gasteiger partial charge in [0.1, 0.15) is 0 Å². The van der Waals surface area contributed by atoms with Crippen LogP contribution in [-0.4, -0.2) is 41.7 Å². The van der Waals surface area contributed by atoms with Crippen LogP contribution in [0.3, 0.4) is 0 Å². The highest BCUT2D eigenvalue weighted by molar-refractivity contribution is 5.97. The van der Waals surface area contributed by atoms with Gasteiger partial charge in [-0.15, -0.1) is 12.4 Å². The molecule has 2 atom stereocenters. The number of carbonyl (C=O) groups excluding carboxylic acids is 2. The molecule has 1 saturated heterocycles. The van der Waals surface area contributed by atoms with Gasteiger partial charge in [-0.1, -0.05) is 0 Å². The molecule has 2 unspecified atom stereocenters. The lowest BCUT2D eigenvalue weighted by atomic mass is 10.1. The Balaban J connectivity index is 0.00000176. The molecule has 0 aromatic heterocycles. The average Bonchev–Trinajstić information content (AvgIpc) is 3.17. The van der Waals surface area contributed by atoms with Gasteiger partial charge in [0, 0.05) is 23.8 Å². The maximum atomic E-state index is 12.0. The molecule has 3 rings (SSSR count). The van der Waals surface area contributed by atoms with Crippen LogP contribution in [0, 0.1) is 0 Å². The van der Waals surface area contributed by atoms with Crippen LogP contribution in [0.5, 0.6) is 0 Å². The molecule has 1 heterocycles. The van der Waals surface area contributed by atoms with Gasteiger partial charge in [0.2, 0.25) is 5.91 Å². The second kappa shape index (κ2) is 7.09. The Morgan fingerprint density at radius 1 is 1.18 bits per heavy atom. The molecule has 0 bridgehead atoms. The fourth-order valence-electron chi connectivity index (χ4n) is 2.35. The zero-order valence-electron chi connectivity index (χ0n) is 12.0. The lowest BCUT2D eigenvalue weighted by molar-refractivity contribution is -0.117. The Labute approximate surface area is 135 Å². The predicted molar refractivity (Wildman–Crippen MR) is 85.2 cm³/mol. The lowest BCUT2D eigenvalue weighted by Crippen LogP contribution is -2.35. The van der Waals surface area contributed by atoms with E-state index >= 15 is 0 Å². The van der Waals surface area contributed by atoms with E-state index < -0.39 is 6.10 Å². The number of aliphatic hydroxyl groups is 1. The highest BCUT2D eigenvalue weighted by Crippen LogP contribution is 2.20. The molecule has 7 heteroatoms. The first-order valence-corrected chi connectivity index (χ1v) is 7.25. The van der Waals surface area contributed by atoms with Crippen molar-refractivity contribution >= 4 is 29.9 Å². The van der Waals surface area contributed by atoms with Gasteiger partial charge < -0.3 is 21.1 Å². The molecule has 4 N–H and O–H groups in total. The first-order chi connectivity index (χ1) is 10.1. The van der Waals surface area contributed by atoms with Crippen LogP contribution < -0.4 is 16.0 Å². The summed E-state index contributed by atoms with van der Waals surface area (Å²) in [5, 5.41) is 18.1. The van der Waals surface area contributed by atoms with Crippen molar-refractivity contribution < 1.29 is 14.7 Å². The SMILES string of the molecule is Cl.O=C(NC1CC1)c1ccc(NC(=O)C2CC(O)CN2)cc1. The summed E-state index contributed by atoms with van der Waals surface area (Å²) in [7, 11) is 0. The number of rotatable bonds is 4. The Hall–Kier alpha value is -1.63. The first-order valence-electron chi connectivity index (χ1n) is 7.25. The molecular formula is C15H20ClN3O3. The fourth-order valence-corrected chi connectivity index (χ4v) is 2.35. The third-order valence-electron chi connectivity index (χ3n) is 3.75. The number of hydrogen-bond donors (Lipinski definition) is 4. The fraction of sp³-hybridized carbons (Fsp3) is 0.467. The van der Waals surface area contributed by atoms with Crippen molar-refractivity contribution in [2.45, 2.75) is 37.5 Å². The Kier molecular flexibility index (Phi) is 5.39. The minimum Gasteiger partial charge on any atom is -0.392 e. The molecule has 2 aliphatic rings. The third kappa shape index (κ3) is 4.19. The molecule has 1 aliphatic heterocycles. The standard InChI is InChI=1S/C15H19N3O3.ClH/c19-12-7-13(16-8-12)15(21)18-10-3-1-9(2-4-10)14(20)17-11-5-6-11;/h1-4,11-13,16,19H,5-8H2,(H,17,20)(H,18,21);1H. The molecule has 1 saturated carbocycles. The molecule has 2 amide bonds. The number of benzene rings is 1.